The molecule has 0 radical (unpaired) electrons. The topological polar surface area (TPSA) is 32.7 Å². The van der Waals surface area contributed by atoms with E-state index in [-0.39, 0.29) is 11.5 Å². The molecule has 0 aromatic heterocycles. The van der Waals surface area contributed by atoms with E-state index in [1.165, 1.54) is 0 Å². The van der Waals surface area contributed by atoms with E-state index in [0.29, 0.717) is 22.2 Å². The predicted octanol–water partition coefficient (Wildman–Crippen LogP) is 3.25. The van der Waals surface area contributed by atoms with Crippen LogP contribution in [0.1, 0.15) is 31.2 Å². The molecule has 4 rings (SSSR count). The normalized spacial score (nSPS) is 31.2. The van der Waals surface area contributed by atoms with E-state index >= 15 is 0 Å². The Bertz CT molecular complexity index is 576. The lowest BCUT2D eigenvalue weighted by molar-refractivity contribution is -0.0289. The number of morpholine rings is 1. The van der Waals surface area contributed by atoms with Gasteiger partial charge in [0.05, 0.1) is 28.9 Å². The van der Waals surface area contributed by atoms with Crippen LogP contribution in [0.25, 0.3) is 0 Å². The van der Waals surface area contributed by atoms with Gasteiger partial charge in [-0.05, 0) is 37.0 Å². The number of halogens is 2. The van der Waals surface area contributed by atoms with Gasteiger partial charge in [-0.3, -0.25) is 4.90 Å². The van der Waals surface area contributed by atoms with E-state index in [1.807, 2.05) is 18.2 Å². The third-order valence-electron chi connectivity index (χ3n) is 5.80. The molecule has 3 nitrogen and oxygen atoms in total. The van der Waals surface area contributed by atoms with Gasteiger partial charge in [-0.25, -0.2) is 0 Å². The fourth-order valence-electron chi connectivity index (χ4n) is 4.28. The molecule has 22 heavy (non-hydrogen) atoms. The van der Waals surface area contributed by atoms with Gasteiger partial charge in [-0.2, -0.15) is 0 Å². The number of benzene rings is 1. The number of ether oxygens (including phenoxy) is 1. The molecule has 1 N–H and O–H groups in total. The number of fused-ring (bicyclic) bond motifs is 2. The summed E-state index contributed by atoms with van der Waals surface area (Å²) in [5, 5.41) is 12.1. The number of rotatable bonds is 4. The monoisotopic (exact) mass is 341 g/mol. The van der Waals surface area contributed by atoms with Crippen LogP contribution in [0.5, 0.6) is 0 Å². The van der Waals surface area contributed by atoms with Gasteiger partial charge in [0.15, 0.2) is 0 Å². The van der Waals surface area contributed by atoms with Gasteiger partial charge >= 0.3 is 0 Å². The standard InChI is InChI=1S/C17H21Cl2NO2/c18-14-3-2-11(6-15(14)19)17(4-1-5-17)16(21)9-20-8-13-7-12(20)10-22-13/h2-3,6,12-13,16,21H,1,4-5,7-10H2. The maximum atomic E-state index is 11.0. The van der Waals surface area contributed by atoms with Crippen molar-refractivity contribution in [1.29, 1.82) is 0 Å². The average Bonchev–Trinajstić information content (AvgIpc) is 3.04. The first-order chi connectivity index (χ1) is 10.6. The summed E-state index contributed by atoms with van der Waals surface area (Å²) in [6.07, 6.45) is 4.33. The van der Waals surface area contributed by atoms with Crippen molar-refractivity contribution in [3.8, 4) is 0 Å². The maximum Gasteiger partial charge on any atom is 0.0763 e. The molecule has 1 aliphatic carbocycles. The highest BCUT2D eigenvalue weighted by molar-refractivity contribution is 6.42. The van der Waals surface area contributed by atoms with Crippen LogP contribution in [-0.2, 0) is 10.2 Å². The van der Waals surface area contributed by atoms with Gasteiger partial charge in [0.1, 0.15) is 0 Å². The summed E-state index contributed by atoms with van der Waals surface area (Å²) in [7, 11) is 0. The summed E-state index contributed by atoms with van der Waals surface area (Å²) in [5.74, 6) is 0. The third kappa shape index (κ3) is 2.38. The summed E-state index contributed by atoms with van der Waals surface area (Å²) in [6.45, 7) is 2.50. The Hall–Kier alpha value is -0.320. The predicted molar refractivity (Wildman–Crippen MR) is 87.7 cm³/mol. The first-order valence-corrected chi connectivity index (χ1v) is 8.83. The highest BCUT2D eigenvalue weighted by Gasteiger charge is 2.48. The molecule has 0 spiro atoms. The number of aliphatic hydroxyl groups is 1. The zero-order valence-corrected chi connectivity index (χ0v) is 14.0. The average molecular weight is 342 g/mol. The third-order valence-corrected chi connectivity index (χ3v) is 6.54. The second-order valence-corrected chi connectivity index (χ2v) is 7.77. The fourth-order valence-corrected chi connectivity index (χ4v) is 4.58. The number of β-amino-alcohol motifs (C(OH)–C–C–N with tert-alkyl or cyclic N) is 1. The van der Waals surface area contributed by atoms with E-state index in [9.17, 15) is 5.11 Å². The molecule has 1 aromatic carbocycles. The minimum absolute atomic E-state index is 0.156. The van der Waals surface area contributed by atoms with Gasteiger partial charge in [-0.1, -0.05) is 35.7 Å². The summed E-state index contributed by atoms with van der Waals surface area (Å²) >= 11 is 12.2. The summed E-state index contributed by atoms with van der Waals surface area (Å²) in [6, 6.07) is 6.30. The van der Waals surface area contributed by atoms with Crippen LogP contribution in [-0.4, -0.2) is 48.0 Å². The summed E-state index contributed by atoms with van der Waals surface area (Å²) in [5.41, 5.74) is 0.970. The zero-order chi connectivity index (χ0) is 15.3. The van der Waals surface area contributed by atoms with Crippen molar-refractivity contribution in [1.82, 2.24) is 4.90 Å². The van der Waals surface area contributed by atoms with Crippen LogP contribution in [0.3, 0.4) is 0 Å². The Morgan fingerprint density at radius 3 is 2.68 bits per heavy atom. The first-order valence-electron chi connectivity index (χ1n) is 8.08. The molecule has 2 heterocycles. The highest BCUT2D eigenvalue weighted by atomic mass is 35.5. The lowest BCUT2D eigenvalue weighted by Gasteiger charge is -2.47. The molecule has 1 saturated carbocycles. The molecule has 120 valence electrons. The molecule has 2 aliphatic heterocycles. The first kappa shape index (κ1) is 15.2. The molecule has 5 heteroatoms. The molecule has 3 atom stereocenters. The van der Waals surface area contributed by atoms with E-state index < -0.39 is 0 Å². The van der Waals surface area contributed by atoms with Crippen LogP contribution in [0, 0.1) is 0 Å². The van der Waals surface area contributed by atoms with Gasteiger partial charge < -0.3 is 9.84 Å². The molecule has 2 bridgehead atoms. The molecular formula is C17H21Cl2NO2. The number of nitrogens with zero attached hydrogens (tertiary/aromatic N) is 1. The van der Waals surface area contributed by atoms with Crippen LogP contribution >= 0.6 is 23.2 Å². The molecule has 3 unspecified atom stereocenters. The maximum absolute atomic E-state index is 11.0. The Morgan fingerprint density at radius 2 is 2.14 bits per heavy atom. The molecule has 0 amide bonds. The van der Waals surface area contributed by atoms with E-state index in [1.54, 1.807) is 0 Å². The van der Waals surface area contributed by atoms with Crippen molar-refractivity contribution in [2.75, 3.05) is 19.7 Å². The van der Waals surface area contributed by atoms with Gasteiger partial charge in [-0.15, -0.1) is 0 Å². The molecule has 1 aromatic rings. The second-order valence-electron chi connectivity index (χ2n) is 6.95. The molecule has 3 aliphatic rings. The Labute approximate surface area is 141 Å². The highest BCUT2D eigenvalue weighted by Crippen LogP contribution is 2.48. The Morgan fingerprint density at radius 1 is 1.32 bits per heavy atom. The number of aliphatic hydroxyl groups excluding tert-OH is 1. The SMILES string of the molecule is OC(CN1CC2CC1CO2)C1(c2ccc(Cl)c(Cl)c2)CCC1. The Kier molecular flexibility index (Phi) is 3.90. The van der Waals surface area contributed by atoms with Crippen LogP contribution in [0.4, 0.5) is 0 Å². The zero-order valence-electron chi connectivity index (χ0n) is 12.5. The number of hydrogen-bond acceptors (Lipinski definition) is 3. The van der Waals surface area contributed by atoms with Crippen molar-refractivity contribution in [3.63, 3.8) is 0 Å². The van der Waals surface area contributed by atoms with Crippen LogP contribution < -0.4 is 0 Å². The van der Waals surface area contributed by atoms with E-state index in [4.69, 9.17) is 27.9 Å². The fraction of sp³-hybridized carbons (Fsp3) is 0.647. The summed E-state index contributed by atoms with van der Waals surface area (Å²) in [4.78, 5) is 2.40. The van der Waals surface area contributed by atoms with Crippen molar-refractivity contribution in [2.45, 2.75) is 49.3 Å². The lowest BCUT2D eigenvalue weighted by Crippen LogP contribution is -2.52. The van der Waals surface area contributed by atoms with Gasteiger partial charge in [0.25, 0.3) is 0 Å². The minimum Gasteiger partial charge on any atom is -0.391 e. The van der Waals surface area contributed by atoms with Gasteiger partial charge in [0.2, 0.25) is 0 Å². The molecule has 3 fully saturated rings. The van der Waals surface area contributed by atoms with Gasteiger partial charge in [0, 0.05) is 24.5 Å². The second kappa shape index (κ2) is 5.64. The van der Waals surface area contributed by atoms with Crippen molar-refractivity contribution in [2.24, 2.45) is 0 Å². The lowest BCUT2D eigenvalue weighted by atomic mass is 9.61. The number of likely N-dealkylation sites (tertiary alicyclic amines) is 1. The summed E-state index contributed by atoms with van der Waals surface area (Å²) < 4.78 is 5.65. The smallest absolute Gasteiger partial charge is 0.0763 e. The Balaban J connectivity index is 1.53. The number of hydrogen-bond donors (Lipinski definition) is 1. The van der Waals surface area contributed by atoms with Crippen molar-refractivity contribution in [3.05, 3.63) is 33.8 Å². The van der Waals surface area contributed by atoms with Crippen LogP contribution in [0.15, 0.2) is 18.2 Å². The molecule has 2 saturated heterocycles. The minimum atomic E-state index is -0.363. The van der Waals surface area contributed by atoms with E-state index in [0.717, 1.165) is 50.9 Å². The quantitative estimate of drug-likeness (QED) is 0.912. The van der Waals surface area contributed by atoms with Crippen molar-refractivity contribution < 1.29 is 9.84 Å². The molecular weight excluding hydrogens is 321 g/mol. The van der Waals surface area contributed by atoms with Crippen molar-refractivity contribution >= 4 is 23.2 Å². The van der Waals surface area contributed by atoms with E-state index in [2.05, 4.69) is 4.90 Å². The largest absolute Gasteiger partial charge is 0.391 e. The van der Waals surface area contributed by atoms with Crippen LogP contribution in [0.2, 0.25) is 10.0 Å².